The van der Waals surface area contributed by atoms with Crippen LogP contribution in [0.15, 0.2) is 54.7 Å². The normalized spacial score (nSPS) is 12.6. The summed E-state index contributed by atoms with van der Waals surface area (Å²) >= 11 is 0. The number of hydrogen-bond donors (Lipinski definition) is 3. The molecule has 0 saturated carbocycles. The van der Waals surface area contributed by atoms with Crippen LogP contribution in [0.5, 0.6) is 0 Å². The van der Waals surface area contributed by atoms with Crippen molar-refractivity contribution in [2.45, 2.75) is 12.3 Å². The van der Waals surface area contributed by atoms with Gasteiger partial charge in [-0.1, -0.05) is 24.3 Å². The van der Waals surface area contributed by atoms with Crippen LogP contribution < -0.4 is 10.6 Å². The molecule has 29 heavy (non-hydrogen) atoms. The molecule has 1 aromatic heterocycles. The fraction of sp³-hybridized carbons (Fsp3) is 0.200. The minimum Gasteiger partial charge on any atom is -0.386 e. The lowest BCUT2D eigenvalue weighted by Gasteiger charge is -2.12. The molecule has 0 aliphatic carbocycles. The molecule has 0 aliphatic heterocycles. The molecule has 0 radical (unpaired) electrons. The summed E-state index contributed by atoms with van der Waals surface area (Å²) in [5.41, 5.74) is 0.383. The third kappa shape index (κ3) is 4.57. The number of amides is 2. The maximum Gasteiger partial charge on any atom is 0.416 e. The number of nitrogens with one attached hydrogen (secondary N) is 2. The predicted molar refractivity (Wildman–Crippen MR) is 101 cm³/mol. The average molecular weight is 405 g/mol. The zero-order chi connectivity index (χ0) is 21.2. The third-order valence-corrected chi connectivity index (χ3v) is 4.40. The zero-order valence-electron chi connectivity index (χ0n) is 15.3. The minimum atomic E-state index is -4.56. The molecule has 2 amide bonds. The monoisotopic (exact) mass is 405 g/mol. The summed E-state index contributed by atoms with van der Waals surface area (Å²) in [6, 6.07) is 11.3. The van der Waals surface area contributed by atoms with E-state index in [0.717, 1.165) is 29.1 Å². The maximum atomic E-state index is 12.7. The Morgan fingerprint density at radius 2 is 1.83 bits per heavy atom. The van der Waals surface area contributed by atoms with Gasteiger partial charge in [-0.3, -0.25) is 9.59 Å². The number of fused-ring (bicyclic) bond motifs is 1. The average Bonchev–Trinajstić information content (AvgIpc) is 3.02. The number of carbonyl (C=O) groups excluding carboxylic acids is 2. The van der Waals surface area contributed by atoms with Crippen molar-refractivity contribution in [3.63, 3.8) is 0 Å². The first kappa shape index (κ1) is 20.4. The Labute approximate surface area is 163 Å². The largest absolute Gasteiger partial charge is 0.416 e. The fourth-order valence-electron chi connectivity index (χ4n) is 2.98. The number of carbonyl (C=O) groups is 2. The van der Waals surface area contributed by atoms with Gasteiger partial charge in [-0.25, -0.2) is 0 Å². The van der Waals surface area contributed by atoms with Gasteiger partial charge in [0, 0.05) is 41.9 Å². The van der Waals surface area contributed by atoms with Gasteiger partial charge in [0.15, 0.2) is 0 Å². The Bertz CT molecular complexity index is 1060. The molecule has 0 bridgehead atoms. The second kappa shape index (κ2) is 7.96. The van der Waals surface area contributed by atoms with Crippen LogP contribution in [0.25, 0.3) is 10.9 Å². The van der Waals surface area contributed by atoms with Crippen LogP contribution in [0.4, 0.5) is 18.9 Å². The van der Waals surface area contributed by atoms with E-state index in [-0.39, 0.29) is 12.2 Å². The molecule has 0 aliphatic rings. The number of aliphatic hydroxyl groups is 1. The van der Waals surface area contributed by atoms with E-state index in [1.54, 1.807) is 6.20 Å². The molecule has 2 aromatic carbocycles. The first-order valence-corrected chi connectivity index (χ1v) is 8.65. The van der Waals surface area contributed by atoms with E-state index in [0.29, 0.717) is 5.56 Å². The summed E-state index contributed by atoms with van der Waals surface area (Å²) in [7, 11) is 1.82. The summed E-state index contributed by atoms with van der Waals surface area (Å²) in [5.74, 6) is -2.20. The number of alkyl halides is 3. The Balaban J connectivity index is 1.62. The molecule has 0 fully saturated rings. The van der Waals surface area contributed by atoms with Crippen molar-refractivity contribution in [2.24, 2.45) is 7.05 Å². The first-order valence-electron chi connectivity index (χ1n) is 8.65. The van der Waals surface area contributed by atoms with Gasteiger partial charge < -0.3 is 20.3 Å². The van der Waals surface area contributed by atoms with Crippen LogP contribution >= 0.6 is 0 Å². The van der Waals surface area contributed by atoms with Gasteiger partial charge >= 0.3 is 18.0 Å². The van der Waals surface area contributed by atoms with Gasteiger partial charge in [-0.05, 0) is 24.3 Å². The van der Waals surface area contributed by atoms with E-state index in [1.807, 2.05) is 35.9 Å². The topological polar surface area (TPSA) is 83.4 Å². The zero-order valence-corrected chi connectivity index (χ0v) is 15.3. The maximum absolute atomic E-state index is 12.7. The Hall–Kier alpha value is -3.33. The summed E-state index contributed by atoms with van der Waals surface area (Å²) in [4.78, 5) is 23.9. The minimum absolute atomic E-state index is 0.158. The second-order valence-corrected chi connectivity index (χ2v) is 6.47. The van der Waals surface area contributed by atoms with E-state index in [1.165, 1.54) is 6.07 Å². The molecule has 0 spiro atoms. The number of anilines is 1. The Morgan fingerprint density at radius 3 is 2.55 bits per heavy atom. The lowest BCUT2D eigenvalue weighted by molar-refractivity contribution is -0.137. The van der Waals surface area contributed by atoms with Gasteiger partial charge in [-0.15, -0.1) is 0 Å². The number of rotatable bonds is 4. The van der Waals surface area contributed by atoms with Crippen LogP contribution in [-0.4, -0.2) is 28.0 Å². The Morgan fingerprint density at radius 1 is 1.10 bits per heavy atom. The number of para-hydroxylation sites is 1. The number of hydrogen-bond acceptors (Lipinski definition) is 3. The van der Waals surface area contributed by atoms with Crippen molar-refractivity contribution in [3.05, 3.63) is 65.9 Å². The molecule has 152 valence electrons. The molecular formula is C20H18F3N3O3. The van der Waals surface area contributed by atoms with Crippen molar-refractivity contribution >= 4 is 28.4 Å². The summed E-state index contributed by atoms with van der Waals surface area (Å²) in [6.07, 6.45) is -3.90. The van der Waals surface area contributed by atoms with Gasteiger partial charge in [0.2, 0.25) is 0 Å². The smallest absolute Gasteiger partial charge is 0.386 e. The number of halogens is 3. The van der Waals surface area contributed by atoms with Gasteiger partial charge in [-0.2, -0.15) is 13.2 Å². The standard InChI is InChI=1S/C20H18F3N3O3/c1-26-11-15(14-7-2-3-8-16(14)26)17(27)10-24-18(28)19(29)25-13-6-4-5-12(9-13)20(21,22)23/h2-9,11,17,27H,10H2,1H3,(H,24,28)(H,25,29)/t17-/m0/s1. The van der Waals surface area contributed by atoms with E-state index >= 15 is 0 Å². The lowest BCUT2D eigenvalue weighted by atomic mass is 10.1. The molecule has 0 unspecified atom stereocenters. The highest BCUT2D eigenvalue weighted by molar-refractivity contribution is 6.39. The number of aryl methyl sites for hydroxylation is 1. The molecule has 9 heteroatoms. The molecule has 1 heterocycles. The van der Waals surface area contributed by atoms with Crippen LogP contribution in [-0.2, 0) is 22.8 Å². The highest BCUT2D eigenvalue weighted by atomic mass is 19.4. The summed E-state index contributed by atoms with van der Waals surface area (Å²) in [6.45, 7) is -0.233. The van der Waals surface area contributed by atoms with Gasteiger partial charge in [0.25, 0.3) is 0 Å². The van der Waals surface area contributed by atoms with Crippen molar-refractivity contribution in [3.8, 4) is 0 Å². The predicted octanol–water partition coefficient (Wildman–Crippen LogP) is 2.99. The van der Waals surface area contributed by atoms with E-state index < -0.39 is 29.7 Å². The second-order valence-electron chi connectivity index (χ2n) is 6.47. The summed E-state index contributed by atoms with van der Waals surface area (Å²) in [5, 5.41) is 15.6. The quantitative estimate of drug-likeness (QED) is 0.584. The molecule has 1 atom stereocenters. The molecular weight excluding hydrogens is 387 g/mol. The Kier molecular flexibility index (Phi) is 5.60. The first-order chi connectivity index (χ1) is 13.7. The fourth-order valence-corrected chi connectivity index (χ4v) is 2.98. The highest BCUT2D eigenvalue weighted by Gasteiger charge is 2.30. The number of aromatic nitrogens is 1. The molecule has 3 rings (SSSR count). The van der Waals surface area contributed by atoms with Crippen molar-refractivity contribution in [1.29, 1.82) is 0 Å². The van der Waals surface area contributed by atoms with Gasteiger partial charge in [0.1, 0.15) is 0 Å². The lowest BCUT2D eigenvalue weighted by Crippen LogP contribution is -2.37. The number of benzene rings is 2. The third-order valence-electron chi connectivity index (χ3n) is 4.40. The van der Waals surface area contributed by atoms with Crippen molar-refractivity contribution in [2.75, 3.05) is 11.9 Å². The summed E-state index contributed by atoms with van der Waals surface area (Å²) < 4.78 is 40.0. The van der Waals surface area contributed by atoms with Crippen LogP contribution in [0.2, 0.25) is 0 Å². The van der Waals surface area contributed by atoms with Crippen LogP contribution in [0, 0.1) is 0 Å². The van der Waals surface area contributed by atoms with Gasteiger partial charge in [0.05, 0.1) is 11.7 Å². The highest BCUT2D eigenvalue weighted by Crippen LogP contribution is 2.30. The van der Waals surface area contributed by atoms with Crippen LogP contribution in [0.1, 0.15) is 17.2 Å². The van der Waals surface area contributed by atoms with Crippen molar-refractivity contribution in [1.82, 2.24) is 9.88 Å². The van der Waals surface area contributed by atoms with Crippen molar-refractivity contribution < 1.29 is 27.9 Å². The molecule has 6 nitrogen and oxygen atoms in total. The van der Waals surface area contributed by atoms with Crippen LogP contribution in [0.3, 0.4) is 0 Å². The molecule has 3 N–H and O–H groups in total. The number of aliphatic hydroxyl groups excluding tert-OH is 1. The SMILES string of the molecule is Cn1cc([C@@H](O)CNC(=O)C(=O)Nc2cccc(C(F)(F)F)c2)c2ccccc21. The molecule has 0 saturated heterocycles. The van der Waals surface area contributed by atoms with E-state index in [2.05, 4.69) is 10.6 Å². The van der Waals surface area contributed by atoms with E-state index in [4.69, 9.17) is 0 Å². The number of nitrogens with zero attached hydrogens (tertiary/aromatic N) is 1. The molecule has 3 aromatic rings. The van der Waals surface area contributed by atoms with E-state index in [9.17, 15) is 27.9 Å².